The summed E-state index contributed by atoms with van der Waals surface area (Å²) >= 11 is 0. The molecule has 0 aliphatic rings. The minimum absolute atomic E-state index is 0.122. The summed E-state index contributed by atoms with van der Waals surface area (Å²) in [7, 11) is 1.75. The van der Waals surface area contributed by atoms with Gasteiger partial charge >= 0.3 is 0 Å². The Morgan fingerprint density at radius 2 is 1.79 bits per heavy atom. The monoisotopic (exact) mass is 442 g/mol. The van der Waals surface area contributed by atoms with Crippen molar-refractivity contribution in [3.05, 3.63) is 87.7 Å². The Hall–Kier alpha value is -3.84. The number of pyridine rings is 3. The summed E-state index contributed by atoms with van der Waals surface area (Å²) in [6, 6.07) is 12.4. The molecule has 1 amide bonds. The van der Waals surface area contributed by atoms with Crippen molar-refractivity contribution in [1.29, 1.82) is 0 Å². The molecule has 2 N–H and O–H groups in total. The Bertz CT molecular complexity index is 1450. The van der Waals surface area contributed by atoms with Gasteiger partial charge in [0, 0.05) is 47.3 Å². The molecule has 0 bridgehead atoms. The molecule has 0 saturated carbocycles. The van der Waals surface area contributed by atoms with Gasteiger partial charge in [0.1, 0.15) is 5.60 Å². The Kier molecular flexibility index (Phi) is 5.59. The highest BCUT2D eigenvalue weighted by Gasteiger charge is 2.20. The van der Waals surface area contributed by atoms with Crippen molar-refractivity contribution >= 4 is 22.5 Å². The summed E-state index contributed by atoms with van der Waals surface area (Å²) in [6.45, 7) is 7.05. The molecule has 168 valence electrons. The molecule has 1 aromatic carbocycles. The first-order valence-corrected chi connectivity index (χ1v) is 10.6. The highest BCUT2D eigenvalue weighted by Crippen LogP contribution is 2.27. The number of aliphatic hydroxyl groups is 1. The zero-order valence-corrected chi connectivity index (χ0v) is 19.3. The van der Waals surface area contributed by atoms with Crippen molar-refractivity contribution in [2.24, 2.45) is 7.05 Å². The van der Waals surface area contributed by atoms with E-state index in [1.54, 1.807) is 55.9 Å². The lowest BCUT2D eigenvalue weighted by Crippen LogP contribution is -2.20. The highest BCUT2D eigenvalue weighted by atomic mass is 16.3. The molecule has 3 aromatic heterocycles. The van der Waals surface area contributed by atoms with E-state index in [0.29, 0.717) is 22.5 Å². The topological polar surface area (TPSA) is 97.1 Å². The van der Waals surface area contributed by atoms with Gasteiger partial charge in [0.2, 0.25) is 0 Å². The van der Waals surface area contributed by atoms with Crippen LogP contribution in [0.5, 0.6) is 0 Å². The molecule has 0 fully saturated rings. The molecule has 7 heteroatoms. The Morgan fingerprint density at radius 1 is 1.03 bits per heavy atom. The number of hydrogen-bond donors (Lipinski definition) is 2. The second-order valence-electron chi connectivity index (χ2n) is 8.78. The van der Waals surface area contributed by atoms with Gasteiger partial charge in [-0.25, -0.2) is 0 Å². The Balaban J connectivity index is 1.73. The molecule has 0 unspecified atom stereocenters. The van der Waals surface area contributed by atoms with E-state index in [2.05, 4.69) is 15.3 Å². The molecule has 0 aliphatic heterocycles. The van der Waals surface area contributed by atoms with Gasteiger partial charge in [-0.05, 0) is 75.2 Å². The second-order valence-corrected chi connectivity index (χ2v) is 8.78. The minimum atomic E-state index is -1.16. The predicted molar refractivity (Wildman–Crippen MR) is 129 cm³/mol. The molecule has 0 saturated heterocycles. The standard InChI is InChI=1S/C26H26N4O3/c1-15-6-7-19(29-24(31)17-8-9-27-23(12-17)26(3,4)33)13-20(15)21-11-18-14-28-16(2)10-22(18)30(5)25(21)32/h6-14,33H,1-5H3,(H,29,31). The van der Waals surface area contributed by atoms with Crippen LogP contribution in [0.1, 0.15) is 41.2 Å². The van der Waals surface area contributed by atoms with E-state index in [9.17, 15) is 14.7 Å². The fourth-order valence-electron chi connectivity index (χ4n) is 3.76. The van der Waals surface area contributed by atoms with Gasteiger partial charge < -0.3 is 15.0 Å². The number of nitrogens with zero attached hydrogens (tertiary/aromatic N) is 3. The van der Waals surface area contributed by atoms with Crippen LogP contribution in [0.15, 0.2) is 59.7 Å². The summed E-state index contributed by atoms with van der Waals surface area (Å²) in [5.74, 6) is -0.330. The lowest BCUT2D eigenvalue weighted by molar-refractivity contribution is 0.0737. The van der Waals surface area contributed by atoms with E-state index >= 15 is 0 Å². The third-order valence-corrected chi connectivity index (χ3v) is 5.68. The lowest BCUT2D eigenvalue weighted by Gasteiger charge is -2.17. The van der Waals surface area contributed by atoms with E-state index in [1.807, 2.05) is 32.0 Å². The first-order valence-electron chi connectivity index (χ1n) is 10.6. The van der Waals surface area contributed by atoms with Crippen molar-refractivity contribution in [2.75, 3.05) is 5.32 Å². The van der Waals surface area contributed by atoms with Crippen molar-refractivity contribution in [3.63, 3.8) is 0 Å². The maximum Gasteiger partial charge on any atom is 0.258 e. The summed E-state index contributed by atoms with van der Waals surface area (Å²) in [5, 5.41) is 13.9. The number of hydrogen-bond acceptors (Lipinski definition) is 5. The van der Waals surface area contributed by atoms with Crippen molar-refractivity contribution in [3.8, 4) is 11.1 Å². The van der Waals surface area contributed by atoms with Crippen LogP contribution < -0.4 is 10.9 Å². The van der Waals surface area contributed by atoms with Gasteiger partial charge in [0.05, 0.1) is 11.2 Å². The van der Waals surface area contributed by atoms with Crippen molar-refractivity contribution < 1.29 is 9.90 Å². The average Bonchev–Trinajstić information content (AvgIpc) is 2.77. The number of aromatic nitrogens is 3. The van der Waals surface area contributed by atoms with Crippen LogP contribution in [0, 0.1) is 13.8 Å². The number of anilines is 1. The number of benzene rings is 1. The largest absolute Gasteiger partial charge is 0.384 e. The molecule has 4 aromatic rings. The number of fused-ring (bicyclic) bond motifs is 1. The second kappa shape index (κ2) is 8.26. The number of rotatable bonds is 4. The lowest BCUT2D eigenvalue weighted by atomic mass is 9.99. The van der Waals surface area contributed by atoms with Crippen molar-refractivity contribution in [2.45, 2.75) is 33.3 Å². The number of aryl methyl sites for hydroxylation is 3. The van der Waals surface area contributed by atoms with Gasteiger partial charge in [-0.1, -0.05) is 6.07 Å². The third-order valence-electron chi connectivity index (χ3n) is 5.68. The van der Waals surface area contributed by atoms with Gasteiger partial charge in [-0.15, -0.1) is 0 Å². The van der Waals surface area contributed by atoms with Crippen molar-refractivity contribution in [1.82, 2.24) is 14.5 Å². The normalized spacial score (nSPS) is 11.6. The van der Waals surface area contributed by atoms with E-state index in [1.165, 1.54) is 6.20 Å². The molecule has 0 spiro atoms. The Morgan fingerprint density at radius 3 is 2.52 bits per heavy atom. The van der Waals surface area contributed by atoms with Crippen LogP contribution in [0.25, 0.3) is 22.0 Å². The quantitative estimate of drug-likeness (QED) is 0.496. The minimum Gasteiger partial charge on any atom is -0.384 e. The summed E-state index contributed by atoms with van der Waals surface area (Å²) in [6.07, 6.45) is 3.26. The SMILES string of the molecule is Cc1cc2c(cn1)cc(-c1cc(NC(=O)c3ccnc(C(C)(C)O)c3)ccc1C)c(=O)n2C. The van der Waals surface area contributed by atoms with Crippen LogP contribution >= 0.6 is 0 Å². The van der Waals surface area contributed by atoms with Crippen LogP contribution in [-0.4, -0.2) is 25.5 Å². The fraction of sp³-hybridized carbons (Fsp3) is 0.231. The number of amides is 1. The van der Waals surface area contributed by atoms with Gasteiger partial charge in [0.25, 0.3) is 11.5 Å². The van der Waals surface area contributed by atoms with Gasteiger partial charge in [0.15, 0.2) is 0 Å². The maximum absolute atomic E-state index is 13.2. The molecule has 33 heavy (non-hydrogen) atoms. The van der Waals surface area contributed by atoms with Crippen LogP contribution in [0.2, 0.25) is 0 Å². The Labute approximate surface area is 191 Å². The average molecular weight is 443 g/mol. The van der Waals surface area contributed by atoms with E-state index in [4.69, 9.17) is 0 Å². The maximum atomic E-state index is 13.2. The first kappa shape index (κ1) is 22.4. The van der Waals surface area contributed by atoms with E-state index in [-0.39, 0.29) is 11.5 Å². The fourth-order valence-corrected chi connectivity index (χ4v) is 3.76. The molecular weight excluding hydrogens is 416 g/mol. The summed E-state index contributed by atoms with van der Waals surface area (Å²) in [5.41, 5.74) is 3.92. The first-order chi connectivity index (χ1) is 15.5. The van der Waals surface area contributed by atoms with Crippen LogP contribution in [0.4, 0.5) is 5.69 Å². The van der Waals surface area contributed by atoms with E-state index in [0.717, 1.165) is 27.7 Å². The van der Waals surface area contributed by atoms with Crippen LogP contribution in [0.3, 0.4) is 0 Å². The highest BCUT2D eigenvalue weighted by molar-refractivity contribution is 6.04. The molecule has 7 nitrogen and oxygen atoms in total. The molecule has 0 radical (unpaired) electrons. The van der Waals surface area contributed by atoms with Gasteiger partial charge in [-0.2, -0.15) is 0 Å². The zero-order valence-electron chi connectivity index (χ0n) is 19.3. The predicted octanol–water partition coefficient (Wildman–Crippen LogP) is 4.09. The van der Waals surface area contributed by atoms with E-state index < -0.39 is 5.60 Å². The number of carbonyl (C=O) groups is 1. The number of nitrogens with one attached hydrogen (secondary N) is 1. The number of carbonyl (C=O) groups excluding carboxylic acids is 1. The summed E-state index contributed by atoms with van der Waals surface area (Å²) in [4.78, 5) is 34.5. The third kappa shape index (κ3) is 4.40. The molecular formula is C26H26N4O3. The molecule has 4 rings (SSSR count). The van der Waals surface area contributed by atoms with Gasteiger partial charge in [-0.3, -0.25) is 19.6 Å². The smallest absolute Gasteiger partial charge is 0.258 e. The summed E-state index contributed by atoms with van der Waals surface area (Å²) < 4.78 is 1.62. The zero-order chi connectivity index (χ0) is 23.9. The van der Waals surface area contributed by atoms with Crippen LogP contribution in [-0.2, 0) is 12.6 Å². The molecule has 3 heterocycles. The molecule has 0 aliphatic carbocycles. The molecule has 0 atom stereocenters.